The second-order valence-corrected chi connectivity index (χ2v) is 2.47. The first-order valence-corrected chi connectivity index (χ1v) is 3.57. The molecule has 0 aromatic carbocycles. The number of hydrogen-bond donors (Lipinski definition) is 3. The average Bonchev–Trinajstić information content (AvgIpc) is 2.52. The zero-order chi connectivity index (χ0) is 8.97. The van der Waals surface area contributed by atoms with Crippen LogP contribution in [0.4, 0.5) is 0 Å². The highest BCUT2D eigenvalue weighted by Crippen LogP contribution is 2.05. The molecule has 4 N–H and O–H groups in total. The van der Waals surface area contributed by atoms with Crippen molar-refractivity contribution in [3.63, 3.8) is 0 Å². The quantitative estimate of drug-likeness (QED) is 0.214. The molecule has 0 aromatic rings. The number of amidine groups is 1. The molecular weight excluding hydrogens is 160 g/mol. The van der Waals surface area contributed by atoms with Gasteiger partial charge in [0.2, 0.25) is 0 Å². The van der Waals surface area contributed by atoms with Gasteiger partial charge < -0.3 is 21.1 Å². The minimum atomic E-state index is -0.144. The number of nitrogens with zero attached hydrogens (tertiary/aromatic N) is 2. The Morgan fingerprint density at radius 3 is 3.17 bits per heavy atom. The molecule has 0 saturated carbocycles. The number of nitrogens with two attached hydrogens (primary N) is 1. The van der Waals surface area contributed by atoms with E-state index in [1.54, 1.807) is 0 Å². The molecule has 1 heterocycles. The van der Waals surface area contributed by atoms with Crippen LogP contribution in [0.25, 0.3) is 0 Å². The molecule has 0 aromatic heterocycles. The van der Waals surface area contributed by atoms with E-state index in [1.165, 1.54) is 7.11 Å². The first-order valence-electron chi connectivity index (χ1n) is 3.57. The maximum atomic E-state index is 8.42. The molecule has 0 radical (unpaired) electrons. The summed E-state index contributed by atoms with van der Waals surface area (Å²) in [6.45, 7) is 1.26. The Balaban J connectivity index is 2.70. The molecule has 0 amide bonds. The zero-order valence-electron chi connectivity index (χ0n) is 6.82. The minimum Gasteiger partial charge on any atom is -0.409 e. The van der Waals surface area contributed by atoms with Crippen molar-refractivity contribution in [2.45, 2.75) is 0 Å². The van der Waals surface area contributed by atoms with E-state index >= 15 is 0 Å². The number of oxime groups is 2. The van der Waals surface area contributed by atoms with E-state index in [-0.39, 0.29) is 11.8 Å². The molecule has 1 saturated heterocycles. The lowest BCUT2D eigenvalue weighted by Crippen LogP contribution is -2.30. The Bertz CT molecular complexity index is 214. The molecular formula is C6H12N4O2. The normalized spacial score (nSPS) is 27.9. The third-order valence-corrected chi connectivity index (χ3v) is 1.74. The monoisotopic (exact) mass is 172 g/mol. The molecule has 1 atom stereocenters. The summed E-state index contributed by atoms with van der Waals surface area (Å²) in [4.78, 5) is 4.61. The Hall–Kier alpha value is -1.30. The van der Waals surface area contributed by atoms with Crippen LogP contribution in [0.3, 0.4) is 0 Å². The Morgan fingerprint density at radius 2 is 2.58 bits per heavy atom. The summed E-state index contributed by atoms with van der Waals surface area (Å²) in [5, 5.41) is 18.1. The smallest absolute Gasteiger partial charge is 0.149 e. The van der Waals surface area contributed by atoms with Gasteiger partial charge in [0, 0.05) is 13.1 Å². The largest absolute Gasteiger partial charge is 0.409 e. The lowest BCUT2D eigenvalue weighted by Gasteiger charge is -2.05. The minimum absolute atomic E-state index is 0.144. The van der Waals surface area contributed by atoms with Crippen LogP contribution < -0.4 is 11.1 Å². The Labute approximate surface area is 70.1 Å². The highest BCUT2D eigenvalue weighted by molar-refractivity contribution is 6.08. The first-order chi connectivity index (χ1) is 5.79. The maximum Gasteiger partial charge on any atom is 0.149 e. The molecule has 1 rings (SSSR count). The highest BCUT2D eigenvalue weighted by atomic mass is 16.6. The van der Waals surface area contributed by atoms with Gasteiger partial charge in [-0.15, -0.1) is 0 Å². The topological polar surface area (TPSA) is 92.2 Å². The predicted octanol–water partition coefficient (Wildman–Crippen LogP) is -1.05. The van der Waals surface area contributed by atoms with Crippen molar-refractivity contribution < 1.29 is 10.0 Å². The summed E-state index contributed by atoms with van der Waals surface area (Å²) in [5.74, 6) is 0.0192. The van der Waals surface area contributed by atoms with E-state index in [0.717, 1.165) is 5.71 Å². The van der Waals surface area contributed by atoms with Crippen molar-refractivity contribution in [1.29, 1.82) is 0 Å². The second kappa shape index (κ2) is 3.91. The number of hydrogen-bond acceptors (Lipinski definition) is 5. The van der Waals surface area contributed by atoms with Crippen molar-refractivity contribution >= 4 is 11.5 Å². The number of nitrogens with one attached hydrogen (secondary N) is 1. The summed E-state index contributed by atoms with van der Waals surface area (Å²) in [6.07, 6.45) is 0. The van der Waals surface area contributed by atoms with Crippen LogP contribution in [-0.4, -0.2) is 37.0 Å². The fourth-order valence-corrected chi connectivity index (χ4v) is 1.14. The van der Waals surface area contributed by atoms with E-state index in [2.05, 4.69) is 20.5 Å². The summed E-state index contributed by atoms with van der Waals surface area (Å²) < 4.78 is 0. The fraction of sp³-hybridized carbons (Fsp3) is 0.667. The second-order valence-electron chi connectivity index (χ2n) is 2.47. The van der Waals surface area contributed by atoms with Crippen molar-refractivity contribution in [3.05, 3.63) is 0 Å². The summed E-state index contributed by atoms with van der Waals surface area (Å²) in [6, 6.07) is 0. The summed E-state index contributed by atoms with van der Waals surface area (Å²) in [5.41, 5.74) is 6.18. The van der Waals surface area contributed by atoms with Gasteiger partial charge in [0.05, 0.1) is 11.6 Å². The average molecular weight is 172 g/mol. The van der Waals surface area contributed by atoms with Crippen LogP contribution in [0.1, 0.15) is 0 Å². The zero-order valence-corrected chi connectivity index (χ0v) is 6.82. The molecule has 1 aliphatic heterocycles. The Kier molecular flexibility index (Phi) is 2.87. The molecule has 0 spiro atoms. The van der Waals surface area contributed by atoms with Crippen molar-refractivity contribution in [1.82, 2.24) is 5.32 Å². The predicted molar refractivity (Wildman–Crippen MR) is 44.2 cm³/mol. The van der Waals surface area contributed by atoms with Gasteiger partial charge in [-0.1, -0.05) is 10.3 Å². The van der Waals surface area contributed by atoms with Gasteiger partial charge in [0.25, 0.3) is 0 Å². The maximum absolute atomic E-state index is 8.42. The lowest BCUT2D eigenvalue weighted by atomic mass is 10.1. The van der Waals surface area contributed by atoms with Crippen molar-refractivity contribution in [2.75, 3.05) is 20.2 Å². The van der Waals surface area contributed by atoms with Crippen molar-refractivity contribution in [3.8, 4) is 0 Å². The SMILES string of the molecule is CO/N=C1/CNCC1/C(N)=N\O. The van der Waals surface area contributed by atoms with E-state index in [1.807, 2.05) is 0 Å². The van der Waals surface area contributed by atoms with Gasteiger partial charge in [0.15, 0.2) is 0 Å². The number of rotatable bonds is 2. The van der Waals surface area contributed by atoms with Gasteiger partial charge in [-0.05, 0) is 0 Å². The highest BCUT2D eigenvalue weighted by Gasteiger charge is 2.26. The molecule has 6 heteroatoms. The fourth-order valence-electron chi connectivity index (χ4n) is 1.14. The third kappa shape index (κ3) is 1.65. The van der Waals surface area contributed by atoms with E-state index < -0.39 is 0 Å². The van der Waals surface area contributed by atoms with Gasteiger partial charge >= 0.3 is 0 Å². The first kappa shape index (κ1) is 8.79. The molecule has 0 aliphatic carbocycles. The standard InChI is InChI=1S/C6H12N4O2/c1-12-10-5-3-8-2-4(5)6(7)9-11/h4,8,11H,2-3H2,1H3,(H2,7,9)/b10-5-. The van der Waals surface area contributed by atoms with Crippen LogP contribution in [0.15, 0.2) is 10.3 Å². The summed E-state index contributed by atoms with van der Waals surface area (Å²) >= 11 is 0. The van der Waals surface area contributed by atoms with Crippen LogP contribution in [0.5, 0.6) is 0 Å². The molecule has 1 fully saturated rings. The van der Waals surface area contributed by atoms with Crippen molar-refractivity contribution in [2.24, 2.45) is 22.0 Å². The van der Waals surface area contributed by atoms with Gasteiger partial charge in [0.1, 0.15) is 12.9 Å². The van der Waals surface area contributed by atoms with Crippen LogP contribution in [0, 0.1) is 5.92 Å². The van der Waals surface area contributed by atoms with Gasteiger partial charge in [-0.25, -0.2) is 0 Å². The molecule has 0 bridgehead atoms. The van der Waals surface area contributed by atoms with E-state index in [4.69, 9.17) is 10.9 Å². The van der Waals surface area contributed by atoms with E-state index in [0.29, 0.717) is 13.1 Å². The molecule has 6 nitrogen and oxygen atoms in total. The third-order valence-electron chi connectivity index (χ3n) is 1.74. The lowest BCUT2D eigenvalue weighted by molar-refractivity contribution is 0.212. The van der Waals surface area contributed by atoms with Crippen LogP contribution in [0.2, 0.25) is 0 Å². The van der Waals surface area contributed by atoms with Crippen LogP contribution >= 0.6 is 0 Å². The van der Waals surface area contributed by atoms with Crippen LogP contribution in [-0.2, 0) is 4.84 Å². The molecule has 12 heavy (non-hydrogen) atoms. The van der Waals surface area contributed by atoms with E-state index in [9.17, 15) is 0 Å². The van der Waals surface area contributed by atoms with Gasteiger partial charge in [-0.2, -0.15) is 0 Å². The molecule has 68 valence electrons. The summed E-state index contributed by atoms with van der Waals surface area (Å²) in [7, 11) is 1.47. The Morgan fingerprint density at radius 1 is 1.83 bits per heavy atom. The molecule has 1 unspecified atom stereocenters. The van der Waals surface area contributed by atoms with Gasteiger partial charge in [-0.3, -0.25) is 0 Å². The molecule has 1 aliphatic rings.